The number of fused-ring (bicyclic) bond motifs is 5. The summed E-state index contributed by atoms with van der Waals surface area (Å²) in [7, 11) is 1.57. The van der Waals surface area contributed by atoms with Crippen LogP contribution in [0.25, 0.3) is 11.1 Å². The summed E-state index contributed by atoms with van der Waals surface area (Å²) in [6.45, 7) is 6.06. The molecule has 2 heterocycles. The number of esters is 1. The highest BCUT2D eigenvalue weighted by Crippen LogP contribution is 2.43. The van der Waals surface area contributed by atoms with Crippen molar-refractivity contribution in [1.29, 1.82) is 0 Å². The number of aryl methyl sites for hydroxylation is 1. The van der Waals surface area contributed by atoms with Crippen LogP contribution < -0.4 is 0 Å². The highest BCUT2D eigenvalue weighted by atomic mass is 16.5. The molecule has 0 unspecified atom stereocenters. The second-order valence-corrected chi connectivity index (χ2v) is 11.3. The van der Waals surface area contributed by atoms with E-state index in [0.29, 0.717) is 6.42 Å². The number of hydrogen-bond acceptors (Lipinski definition) is 5. The summed E-state index contributed by atoms with van der Waals surface area (Å²) in [5.74, 6) is -2.58. The number of rotatable bonds is 3. The van der Waals surface area contributed by atoms with Gasteiger partial charge in [0.2, 0.25) is 5.91 Å². The highest BCUT2D eigenvalue weighted by molar-refractivity contribution is 5.89. The van der Waals surface area contributed by atoms with Crippen molar-refractivity contribution in [3.05, 3.63) is 59.7 Å². The third-order valence-corrected chi connectivity index (χ3v) is 7.82. The van der Waals surface area contributed by atoms with Gasteiger partial charge in [0.15, 0.2) is 0 Å². The Bertz CT molecular complexity index is 1150. The molecule has 0 saturated carbocycles. The van der Waals surface area contributed by atoms with Gasteiger partial charge in [-0.3, -0.25) is 9.59 Å². The Balaban J connectivity index is 1.82. The molecule has 7 nitrogen and oxygen atoms in total. The van der Waals surface area contributed by atoms with Gasteiger partial charge in [-0.1, -0.05) is 69.3 Å². The van der Waals surface area contributed by atoms with E-state index in [0.717, 1.165) is 35.1 Å². The van der Waals surface area contributed by atoms with E-state index in [4.69, 9.17) is 9.47 Å². The second kappa shape index (κ2) is 10.7. The number of carboxylic acid groups (broad SMARTS) is 1. The zero-order chi connectivity index (χ0) is 26.8. The van der Waals surface area contributed by atoms with Crippen LogP contribution in [0, 0.1) is 11.3 Å². The van der Waals surface area contributed by atoms with Gasteiger partial charge in [0.1, 0.15) is 11.6 Å². The molecule has 4 bridgehead atoms. The summed E-state index contributed by atoms with van der Waals surface area (Å²) in [6, 6.07) is 15.2. The van der Waals surface area contributed by atoms with Gasteiger partial charge >= 0.3 is 11.9 Å². The molecule has 1 fully saturated rings. The van der Waals surface area contributed by atoms with Crippen molar-refractivity contribution in [2.24, 2.45) is 11.3 Å². The number of nitrogens with zero attached hydrogens (tertiary/aromatic N) is 1. The zero-order valence-corrected chi connectivity index (χ0v) is 22.2. The van der Waals surface area contributed by atoms with E-state index in [1.165, 1.54) is 4.90 Å². The number of carbonyl (C=O) groups excluding carboxylic acids is 2. The van der Waals surface area contributed by atoms with Crippen molar-refractivity contribution in [1.82, 2.24) is 4.90 Å². The van der Waals surface area contributed by atoms with Crippen molar-refractivity contribution < 1.29 is 29.0 Å². The highest BCUT2D eigenvalue weighted by Gasteiger charge is 2.52. The van der Waals surface area contributed by atoms with Gasteiger partial charge in [-0.05, 0) is 46.9 Å². The fourth-order valence-electron chi connectivity index (χ4n) is 5.58. The van der Waals surface area contributed by atoms with E-state index >= 15 is 0 Å². The van der Waals surface area contributed by atoms with Gasteiger partial charge in [-0.25, -0.2) is 4.79 Å². The molecule has 2 aromatic carbocycles. The van der Waals surface area contributed by atoms with Crippen LogP contribution in [0.5, 0.6) is 0 Å². The minimum Gasteiger partial charge on any atom is -0.480 e. The van der Waals surface area contributed by atoms with Crippen LogP contribution in [0.1, 0.15) is 57.6 Å². The first kappa shape index (κ1) is 26.9. The number of hydrogen-bond donors (Lipinski definition) is 1. The molecule has 2 aliphatic rings. The van der Waals surface area contributed by atoms with Crippen LogP contribution in [0.3, 0.4) is 0 Å². The smallest absolute Gasteiger partial charge is 0.326 e. The lowest BCUT2D eigenvalue weighted by Crippen LogP contribution is -2.47. The first-order valence-electron chi connectivity index (χ1n) is 13.0. The zero-order valence-electron chi connectivity index (χ0n) is 22.2. The molecule has 0 aliphatic carbocycles. The minimum atomic E-state index is -1.08. The molecule has 37 heavy (non-hydrogen) atoms. The number of carboxylic acids is 1. The first-order valence-corrected chi connectivity index (χ1v) is 13.0. The molecule has 2 aromatic rings. The van der Waals surface area contributed by atoms with Gasteiger partial charge in [0.05, 0.1) is 25.5 Å². The molecule has 4 rings (SSSR count). The maximum atomic E-state index is 13.9. The molecule has 1 saturated heterocycles. The van der Waals surface area contributed by atoms with Crippen molar-refractivity contribution >= 4 is 17.8 Å². The summed E-state index contributed by atoms with van der Waals surface area (Å²) < 4.78 is 11.6. The number of carbonyl (C=O) groups is 3. The fourth-order valence-corrected chi connectivity index (χ4v) is 5.58. The summed E-state index contributed by atoms with van der Waals surface area (Å²) >= 11 is 0. The molecule has 0 spiro atoms. The van der Waals surface area contributed by atoms with E-state index in [-0.39, 0.29) is 31.9 Å². The van der Waals surface area contributed by atoms with Crippen molar-refractivity contribution in [2.45, 2.75) is 64.5 Å². The van der Waals surface area contributed by atoms with E-state index in [2.05, 4.69) is 24.3 Å². The third-order valence-electron chi connectivity index (χ3n) is 7.82. The SMILES string of the molecule is CO[C@@]12C[C@@H](C(=O)O)N(C1)C(=O)[C@H](C(C)(C)C)CC(=O)OCCCCc1cc2ccc1-c1ccccc1. The van der Waals surface area contributed by atoms with Crippen LogP contribution in [0.15, 0.2) is 48.5 Å². The number of ether oxygens (including phenoxy) is 2. The Kier molecular flexibility index (Phi) is 7.74. The Morgan fingerprint density at radius 3 is 2.49 bits per heavy atom. The monoisotopic (exact) mass is 507 g/mol. The predicted octanol–water partition coefficient (Wildman–Crippen LogP) is 4.81. The maximum Gasteiger partial charge on any atom is 0.326 e. The Hall–Kier alpha value is -3.19. The summed E-state index contributed by atoms with van der Waals surface area (Å²) in [4.78, 5) is 40.4. The van der Waals surface area contributed by atoms with Gasteiger partial charge in [0, 0.05) is 13.5 Å². The molecule has 198 valence electrons. The third kappa shape index (κ3) is 5.57. The average molecular weight is 508 g/mol. The number of methoxy groups -OCH3 is 1. The van der Waals surface area contributed by atoms with Crippen LogP contribution in [-0.4, -0.2) is 54.2 Å². The lowest BCUT2D eigenvalue weighted by atomic mass is 9.77. The van der Waals surface area contributed by atoms with E-state index in [1.807, 2.05) is 45.0 Å². The summed E-state index contributed by atoms with van der Waals surface area (Å²) in [5, 5.41) is 10.1. The summed E-state index contributed by atoms with van der Waals surface area (Å²) in [6.07, 6.45) is 2.35. The van der Waals surface area contributed by atoms with Crippen molar-refractivity contribution in [3.8, 4) is 11.1 Å². The quantitative estimate of drug-likeness (QED) is 0.599. The average Bonchev–Trinajstić information content (AvgIpc) is 3.28. The van der Waals surface area contributed by atoms with Gasteiger partial charge < -0.3 is 19.5 Å². The van der Waals surface area contributed by atoms with E-state index in [1.54, 1.807) is 7.11 Å². The molecule has 0 aromatic heterocycles. The molecule has 0 radical (unpaired) electrons. The number of cyclic esters (lactones) is 1. The fraction of sp³-hybridized carbons (Fsp3) is 0.500. The largest absolute Gasteiger partial charge is 0.480 e. The van der Waals surface area contributed by atoms with Gasteiger partial charge in [0.25, 0.3) is 0 Å². The van der Waals surface area contributed by atoms with Gasteiger partial charge in [-0.2, -0.15) is 0 Å². The lowest BCUT2D eigenvalue weighted by Gasteiger charge is -2.34. The maximum absolute atomic E-state index is 13.9. The summed E-state index contributed by atoms with van der Waals surface area (Å²) in [5.41, 5.74) is 2.65. The molecule has 7 heteroatoms. The normalized spacial score (nSPS) is 25.2. The van der Waals surface area contributed by atoms with Crippen LogP contribution >= 0.6 is 0 Å². The molecule has 2 aliphatic heterocycles. The van der Waals surface area contributed by atoms with Gasteiger partial charge in [-0.15, -0.1) is 0 Å². The molecular formula is C30H37NO6. The molecule has 1 amide bonds. The minimum absolute atomic E-state index is 0.0862. The van der Waals surface area contributed by atoms with E-state index in [9.17, 15) is 19.5 Å². The Morgan fingerprint density at radius 2 is 1.84 bits per heavy atom. The second-order valence-electron chi connectivity index (χ2n) is 11.3. The topological polar surface area (TPSA) is 93.1 Å². The predicted molar refractivity (Wildman–Crippen MR) is 140 cm³/mol. The standard InChI is InChI=1S/C30H37NO6/c1-29(2,3)24-17-26(32)37-15-9-8-12-21-16-22(13-14-23(21)20-10-6-5-7-11-20)30(36-4)18-25(28(34)35)31(19-30)27(24)33/h5-7,10-11,13-14,16,24-25H,8-9,12,15,17-19H2,1-4H3,(H,34,35)/t24-,25+,30+/m1/s1. The molecule has 3 atom stereocenters. The Labute approximate surface area is 218 Å². The molecular weight excluding hydrogens is 470 g/mol. The Morgan fingerprint density at radius 1 is 1.11 bits per heavy atom. The van der Waals surface area contributed by atoms with E-state index < -0.39 is 34.9 Å². The van der Waals surface area contributed by atoms with Crippen LogP contribution in [0.2, 0.25) is 0 Å². The van der Waals surface area contributed by atoms with Crippen molar-refractivity contribution in [2.75, 3.05) is 20.3 Å². The number of benzene rings is 2. The lowest BCUT2D eigenvalue weighted by molar-refractivity contribution is -0.155. The number of aliphatic carboxylic acids is 1. The van der Waals surface area contributed by atoms with Crippen molar-refractivity contribution in [3.63, 3.8) is 0 Å². The van der Waals surface area contributed by atoms with Crippen LogP contribution in [0.4, 0.5) is 0 Å². The molecule has 1 N–H and O–H groups in total. The number of amides is 1. The van der Waals surface area contributed by atoms with Crippen LogP contribution in [-0.2, 0) is 35.9 Å². The first-order chi connectivity index (χ1) is 17.6.